The zero-order valence-electron chi connectivity index (χ0n) is 13.6. The van der Waals surface area contributed by atoms with Crippen molar-refractivity contribution < 1.29 is 9.59 Å². The number of hydrogen-bond donors (Lipinski definition) is 2. The van der Waals surface area contributed by atoms with Gasteiger partial charge < -0.3 is 4.90 Å². The van der Waals surface area contributed by atoms with Crippen LogP contribution in [0.3, 0.4) is 0 Å². The van der Waals surface area contributed by atoms with Gasteiger partial charge in [0.1, 0.15) is 11.4 Å². The molecule has 0 aliphatic carbocycles. The van der Waals surface area contributed by atoms with Gasteiger partial charge in [-0.3, -0.25) is 15.0 Å². The zero-order chi connectivity index (χ0) is 18.0. The van der Waals surface area contributed by atoms with E-state index in [1.54, 1.807) is 29.2 Å². The Morgan fingerprint density at radius 3 is 2.40 bits per heavy atom. The molecule has 1 fully saturated rings. The van der Waals surface area contributed by atoms with Crippen molar-refractivity contribution in [2.24, 2.45) is 5.84 Å². The Balaban J connectivity index is 1.97. The van der Waals surface area contributed by atoms with Crippen molar-refractivity contribution >= 4 is 35.2 Å². The van der Waals surface area contributed by atoms with Crippen molar-refractivity contribution in [3.05, 3.63) is 70.2 Å². The number of carbonyl (C=O) groups excluding carboxylic acids is 2. The highest BCUT2D eigenvalue weighted by molar-refractivity contribution is 7.99. The number of rotatable bonds is 3. The molecule has 1 aliphatic rings. The molecule has 5 nitrogen and oxygen atoms in total. The number of nitrogens with two attached hydrogens (primary N) is 1. The van der Waals surface area contributed by atoms with Crippen LogP contribution in [0.1, 0.15) is 26.9 Å². The average molecular weight is 376 g/mol. The SMILES string of the molecule is Cc1ccc(C(=O)N2[C@H](C(=O)NN)CS[C@H]2c2ccc(Cl)cc2)cc1. The predicted molar refractivity (Wildman–Crippen MR) is 100 cm³/mol. The minimum atomic E-state index is -0.621. The fraction of sp³-hybridized carbons (Fsp3) is 0.222. The molecule has 1 aliphatic heterocycles. The highest BCUT2D eigenvalue weighted by Crippen LogP contribution is 2.42. The van der Waals surface area contributed by atoms with Crippen LogP contribution in [0.5, 0.6) is 0 Å². The van der Waals surface area contributed by atoms with E-state index in [2.05, 4.69) is 5.43 Å². The van der Waals surface area contributed by atoms with E-state index in [-0.39, 0.29) is 17.2 Å². The molecule has 0 aromatic heterocycles. The van der Waals surface area contributed by atoms with Gasteiger partial charge in [-0.1, -0.05) is 41.4 Å². The molecule has 2 amide bonds. The number of hydrogen-bond acceptors (Lipinski definition) is 4. The Bertz CT molecular complexity index is 780. The number of nitrogens with zero attached hydrogens (tertiary/aromatic N) is 1. The molecule has 0 spiro atoms. The van der Waals surface area contributed by atoms with Gasteiger partial charge in [-0.15, -0.1) is 11.8 Å². The molecule has 2 aromatic carbocycles. The molecule has 2 atom stereocenters. The zero-order valence-corrected chi connectivity index (χ0v) is 15.2. The lowest BCUT2D eigenvalue weighted by Gasteiger charge is -2.29. The number of aryl methyl sites for hydroxylation is 1. The molecule has 3 rings (SSSR count). The van der Waals surface area contributed by atoms with Crippen LogP contribution >= 0.6 is 23.4 Å². The van der Waals surface area contributed by atoms with E-state index in [1.807, 2.05) is 31.2 Å². The van der Waals surface area contributed by atoms with Crippen LogP contribution in [0.2, 0.25) is 5.02 Å². The van der Waals surface area contributed by atoms with Crippen LogP contribution in [-0.2, 0) is 4.79 Å². The van der Waals surface area contributed by atoms with Crippen LogP contribution < -0.4 is 11.3 Å². The third kappa shape index (κ3) is 3.66. The van der Waals surface area contributed by atoms with Crippen molar-refractivity contribution in [1.82, 2.24) is 10.3 Å². The standard InChI is InChI=1S/C18H18ClN3O2S/c1-11-2-4-12(5-3-11)17(24)22-15(16(23)21-20)10-25-18(22)13-6-8-14(19)9-7-13/h2-9,15,18H,10,20H2,1H3,(H,21,23)/t15-,18-/m0/s1. The molecule has 25 heavy (non-hydrogen) atoms. The molecular weight excluding hydrogens is 358 g/mol. The molecule has 130 valence electrons. The van der Waals surface area contributed by atoms with Crippen LogP contribution in [0.15, 0.2) is 48.5 Å². The van der Waals surface area contributed by atoms with Crippen molar-refractivity contribution in [2.75, 3.05) is 5.75 Å². The third-order valence-electron chi connectivity index (χ3n) is 4.13. The summed E-state index contributed by atoms with van der Waals surface area (Å²) in [4.78, 5) is 26.9. The molecule has 1 heterocycles. The van der Waals surface area contributed by atoms with Crippen molar-refractivity contribution in [3.8, 4) is 0 Å². The van der Waals surface area contributed by atoms with Crippen LogP contribution in [0, 0.1) is 6.92 Å². The molecular formula is C18H18ClN3O2S. The van der Waals surface area contributed by atoms with Gasteiger partial charge in [-0.2, -0.15) is 0 Å². The number of halogens is 1. The van der Waals surface area contributed by atoms with Gasteiger partial charge in [0.25, 0.3) is 11.8 Å². The lowest BCUT2D eigenvalue weighted by molar-refractivity contribution is -0.124. The summed E-state index contributed by atoms with van der Waals surface area (Å²) in [6.45, 7) is 1.96. The fourth-order valence-corrected chi connectivity index (χ4v) is 4.34. The average Bonchev–Trinajstić information content (AvgIpc) is 3.06. The Labute approximate surface area is 155 Å². The number of hydrazine groups is 1. The maximum absolute atomic E-state index is 13.1. The Morgan fingerprint density at radius 1 is 1.16 bits per heavy atom. The third-order valence-corrected chi connectivity index (χ3v) is 5.71. The van der Waals surface area contributed by atoms with Gasteiger partial charge in [0.05, 0.1) is 0 Å². The van der Waals surface area contributed by atoms with E-state index < -0.39 is 6.04 Å². The van der Waals surface area contributed by atoms with E-state index in [4.69, 9.17) is 17.4 Å². The van der Waals surface area contributed by atoms with Crippen molar-refractivity contribution in [1.29, 1.82) is 0 Å². The number of amides is 2. The molecule has 3 N–H and O–H groups in total. The fourth-order valence-electron chi connectivity index (χ4n) is 2.78. The smallest absolute Gasteiger partial charge is 0.257 e. The summed E-state index contributed by atoms with van der Waals surface area (Å²) in [7, 11) is 0. The molecule has 1 saturated heterocycles. The second kappa shape index (κ2) is 7.47. The predicted octanol–water partition coefficient (Wildman–Crippen LogP) is 2.89. The largest absolute Gasteiger partial charge is 0.310 e. The van der Waals surface area contributed by atoms with Crippen LogP contribution in [-0.4, -0.2) is 28.5 Å². The molecule has 7 heteroatoms. The summed E-state index contributed by atoms with van der Waals surface area (Å²) >= 11 is 7.49. The van der Waals surface area contributed by atoms with Gasteiger partial charge in [-0.25, -0.2) is 5.84 Å². The first-order valence-corrected chi connectivity index (χ1v) is 9.21. The highest BCUT2D eigenvalue weighted by Gasteiger charge is 2.42. The van der Waals surface area contributed by atoms with Crippen molar-refractivity contribution in [2.45, 2.75) is 18.3 Å². The first-order valence-electron chi connectivity index (χ1n) is 7.78. The number of nitrogens with one attached hydrogen (secondary N) is 1. The number of benzene rings is 2. The maximum Gasteiger partial charge on any atom is 0.257 e. The number of carbonyl (C=O) groups is 2. The molecule has 0 radical (unpaired) electrons. The normalized spacial score (nSPS) is 19.7. The Hall–Kier alpha value is -2.02. The first-order chi connectivity index (χ1) is 12.0. The van der Waals surface area contributed by atoms with E-state index in [0.717, 1.165) is 11.1 Å². The van der Waals surface area contributed by atoms with Crippen molar-refractivity contribution in [3.63, 3.8) is 0 Å². The topological polar surface area (TPSA) is 75.4 Å². The molecule has 2 aromatic rings. The van der Waals surface area contributed by atoms with Gasteiger partial charge in [0.15, 0.2) is 0 Å². The first kappa shape index (κ1) is 17.8. The Morgan fingerprint density at radius 2 is 1.80 bits per heavy atom. The molecule has 0 unspecified atom stereocenters. The second-order valence-corrected chi connectivity index (χ2v) is 7.39. The number of thioether (sulfide) groups is 1. The molecule has 0 bridgehead atoms. The van der Waals surface area contributed by atoms with E-state index in [1.165, 1.54) is 11.8 Å². The molecule has 0 saturated carbocycles. The minimum absolute atomic E-state index is 0.196. The van der Waals surface area contributed by atoms with Gasteiger partial charge in [0, 0.05) is 16.3 Å². The minimum Gasteiger partial charge on any atom is -0.310 e. The Kier molecular flexibility index (Phi) is 5.32. The maximum atomic E-state index is 13.1. The highest BCUT2D eigenvalue weighted by atomic mass is 35.5. The lowest BCUT2D eigenvalue weighted by Crippen LogP contribution is -2.49. The quantitative estimate of drug-likeness (QED) is 0.491. The monoisotopic (exact) mass is 375 g/mol. The summed E-state index contributed by atoms with van der Waals surface area (Å²) < 4.78 is 0. The second-order valence-electron chi connectivity index (χ2n) is 5.84. The summed E-state index contributed by atoms with van der Waals surface area (Å²) in [6, 6.07) is 14.0. The lowest BCUT2D eigenvalue weighted by atomic mass is 10.1. The van der Waals surface area contributed by atoms with Gasteiger partial charge in [-0.05, 0) is 36.8 Å². The van der Waals surface area contributed by atoms with E-state index >= 15 is 0 Å². The summed E-state index contributed by atoms with van der Waals surface area (Å²) in [5.74, 6) is 5.23. The van der Waals surface area contributed by atoms with E-state index in [0.29, 0.717) is 16.3 Å². The van der Waals surface area contributed by atoms with Crippen LogP contribution in [0.25, 0.3) is 0 Å². The van der Waals surface area contributed by atoms with Gasteiger partial charge in [0.2, 0.25) is 0 Å². The van der Waals surface area contributed by atoms with E-state index in [9.17, 15) is 9.59 Å². The summed E-state index contributed by atoms with van der Waals surface area (Å²) in [6.07, 6.45) is 0. The summed E-state index contributed by atoms with van der Waals surface area (Å²) in [5, 5.41) is 0.354. The van der Waals surface area contributed by atoms with Gasteiger partial charge >= 0.3 is 0 Å². The summed E-state index contributed by atoms with van der Waals surface area (Å²) in [5.41, 5.74) is 4.70. The van der Waals surface area contributed by atoms with Crippen LogP contribution in [0.4, 0.5) is 0 Å².